The van der Waals surface area contributed by atoms with Gasteiger partial charge in [0.1, 0.15) is 0 Å². The van der Waals surface area contributed by atoms with Crippen LogP contribution in [0.2, 0.25) is 0 Å². The molecule has 0 saturated heterocycles. The summed E-state index contributed by atoms with van der Waals surface area (Å²) in [6.45, 7) is 1.26. The first-order valence-electron chi connectivity index (χ1n) is 2.55. The fourth-order valence-corrected chi connectivity index (χ4v) is 0.220. The molecule has 0 radical (unpaired) electrons. The molecule has 0 atom stereocenters. The molecule has 11 heavy (non-hydrogen) atoms. The van der Waals surface area contributed by atoms with Gasteiger partial charge in [-0.15, -0.1) is 0 Å². The molecular formula is C5H5F5O. The van der Waals surface area contributed by atoms with Crippen molar-refractivity contribution < 1.29 is 26.7 Å². The highest BCUT2D eigenvalue weighted by Gasteiger charge is 2.60. The van der Waals surface area contributed by atoms with Crippen molar-refractivity contribution in [3.8, 4) is 0 Å². The second kappa shape index (κ2) is 3.06. The molecule has 0 amide bonds. The molecule has 66 valence electrons. The highest BCUT2D eigenvalue weighted by molar-refractivity contribution is 4.72. The number of rotatable bonds is 2. The van der Waals surface area contributed by atoms with Crippen LogP contribution < -0.4 is 0 Å². The van der Waals surface area contributed by atoms with Gasteiger partial charge in [0.15, 0.2) is 0 Å². The molecule has 0 aliphatic heterocycles. The maximum absolute atomic E-state index is 11.7. The zero-order chi connectivity index (χ0) is 9.12. The second-order valence-electron chi connectivity index (χ2n) is 1.60. The SMILES string of the molecule is CC=COC(F)(F)C(F)(F)F. The topological polar surface area (TPSA) is 9.23 Å². The first kappa shape index (κ1) is 10.2. The molecule has 0 spiro atoms. The normalized spacial score (nSPS) is 14.0. The number of hydrogen-bond donors (Lipinski definition) is 0. The minimum atomic E-state index is -5.66. The molecule has 0 aliphatic carbocycles. The van der Waals surface area contributed by atoms with Crippen LogP contribution in [0, 0.1) is 0 Å². The maximum atomic E-state index is 11.7. The van der Waals surface area contributed by atoms with E-state index in [-0.39, 0.29) is 6.26 Å². The first-order chi connectivity index (χ1) is 4.81. The van der Waals surface area contributed by atoms with E-state index in [1.807, 2.05) is 0 Å². The summed E-state index contributed by atoms with van der Waals surface area (Å²) in [6, 6.07) is 0. The van der Waals surface area contributed by atoms with Crippen LogP contribution in [0.1, 0.15) is 6.92 Å². The molecule has 0 fully saturated rings. The molecule has 1 nitrogen and oxygen atoms in total. The van der Waals surface area contributed by atoms with Gasteiger partial charge in [-0.1, -0.05) is 6.08 Å². The molecule has 0 aliphatic rings. The molecule has 0 unspecified atom stereocenters. The predicted octanol–water partition coefficient (Wildman–Crippen LogP) is 2.69. The summed E-state index contributed by atoms with van der Waals surface area (Å²) in [5.41, 5.74) is 0. The van der Waals surface area contributed by atoms with Gasteiger partial charge in [0.2, 0.25) is 0 Å². The van der Waals surface area contributed by atoms with Crippen LogP contribution in [-0.4, -0.2) is 12.3 Å². The number of allylic oxidation sites excluding steroid dienone is 1. The molecular weight excluding hydrogens is 171 g/mol. The summed E-state index contributed by atoms with van der Waals surface area (Å²) >= 11 is 0. The number of alkyl halides is 5. The fourth-order valence-electron chi connectivity index (χ4n) is 0.220. The van der Waals surface area contributed by atoms with Crippen molar-refractivity contribution in [2.24, 2.45) is 0 Å². The maximum Gasteiger partial charge on any atom is 0.498 e. The van der Waals surface area contributed by atoms with Crippen LogP contribution in [0.25, 0.3) is 0 Å². The Balaban J connectivity index is 4.22. The van der Waals surface area contributed by atoms with Crippen LogP contribution in [-0.2, 0) is 4.74 Å². The zero-order valence-corrected chi connectivity index (χ0v) is 5.45. The van der Waals surface area contributed by atoms with Crippen LogP contribution in [0.15, 0.2) is 12.3 Å². The van der Waals surface area contributed by atoms with Crippen molar-refractivity contribution >= 4 is 0 Å². The largest absolute Gasteiger partial charge is 0.498 e. The van der Waals surface area contributed by atoms with Gasteiger partial charge in [-0.05, 0) is 6.92 Å². The van der Waals surface area contributed by atoms with Gasteiger partial charge in [0.05, 0.1) is 6.26 Å². The molecule has 0 aromatic carbocycles. The third-order valence-electron chi connectivity index (χ3n) is 0.682. The molecule has 0 aromatic rings. The standard InChI is InChI=1S/C5H5F5O/c1-2-3-11-5(9,10)4(6,7)8/h2-3H,1H3. The third kappa shape index (κ3) is 2.73. The predicted molar refractivity (Wildman–Crippen MR) is 26.9 cm³/mol. The van der Waals surface area contributed by atoms with E-state index in [0.717, 1.165) is 6.08 Å². The Hall–Kier alpha value is -0.810. The van der Waals surface area contributed by atoms with Gasteiger partial charge in [-0.25, -0.2) is 0 Å². The lowest BCUT2D eigenvalue weighted by molar-refractivity contribution is -0.375. The lowest BCUT2D eigenvalue weighted by Gasteiger charge is -2.17. The quantitative estimate of drug-likeness (QED) is 0.464. The third-order valence-corrected chi connectivity index (χ3v) is 0.682. The highest BCUT2D eigenvalue weighted by Crippen LogP contribution is 2.36. The van der Waals surface area contributed by atoms with E-state index in [1.54, 1.807) is 0 Å². The Labute approximate surface area is 59.5 Å². The molecule has 6 heteroatoms. The summed E-state index contributed by atoms with van der Waals surface area (Å²) in [6.07, 6.45) is -9.54. The minimum absolute atomic E-state index is 0.285. The van der Waals surface area contributed by atoms with E-state index in [4.69, 9.17) is 0 Å². The van der Waals surface area contributed by atoms with Crippen molar-refractivity contribution in [2.45, 2.75) is 19.2 Å². The van der Waals surface area contributed by atoms with Gasteiger partial charge in [0, 0.05) is 0 Å². The summed E-state index contributed by atoms with van der Waals surface area (Å²) in [4.78, 5) is 0. The van der Waals surface area contributed by atoms with E-state index in [0.29, 0.717) is 0 Å². The van der Waals surface area contributed by atoms with Gasteiger partial charge >= 0.3 is 12.3 Å². The van der Waals surface area contributed by atoms with Crippen molar-refractivity contribution in [1.82, 2.24) is 0 Å². The number of hydrogen-bond acceptors (Lipinski definition) is 1. The number of halogens is 5. The van der Waals surface area contributed by atoms with Crippen molar-refractivity contribution in [3.05, 3.63) is 12.3 Å². The van der Waals surface area contributed by atoms with E-state index in [1.165, 1.54) is 6.92 Å². The lowest BCUT2D eigenvalue weighted by Crippen LogP contribution is -2.37. The van der Waals surface area contributed by atoms with Crippen molar-refractivity contribution in [3.63, 3.8) is 0 Å². The summed E-state index contributed by atoms with van der Waals surface area (Å²) in [7, 11) is 0. The van der Waals surface area contributed by atoms with Crippen LogP contribution in [0.5, 0.6) is 0 Å². The van der Waals surface area contributed by atoms with Crippen LogP contribution >= 0.6 is 0 Å². The van der Waals surface area contributed by atoms with Crippen LogP contribution in [0.4, 0.5) is 22.0 Å². The Kier molecular flexibility index (Phi) is 2.84. The van der Waals surface area contributed by atoms with E-state index in [9.17, 15) is 22.0 Å². The van der Waals surface area contributed by atoms with Gasteiger partial charge in [-0.2, -0.15) is 22.0 Å². The summed E-state index contributed by atoms with van der Waals surface area (Å²) in [5.74, 6) is 0. The average Bonchev–Trinajstić information content (AvgIpc) is 1.81. The average molecular weight is 176 g/mol. The van der Waals surface area contributed by atoms with Gasteiger partial charge in [-0.3, -0.25) is 0 Å². The Morgan fingerprint density at radius 3 is 1.82 bits per heavy atom. The Morgan fingerprint density at radius 2 is 1.55 bits per heavy atom. The van der Waals surface area contributed by atoms with E-state index >= 15 is 0 Å². The molecule has 0 rings (SSSR count). The van der Waals surface area contributed by atoms with E-state index < -0.39 is 12.3 Å². The summed E-state index contributed by atoms with van der Waals surface area (Å²) in [5, 5.41) is 0. The van der Waals surface area contributed by atoms with Crippen LogP contribution in [0.3, 0.4) is 0 Å². The smallest absolute Gasteiger partial charge is 0.434 e. The molecule has 0 heterocycles. The fraction of sp³-hybridized carbons (Fsp3) is 0.600. The van der Waals surface area contributed by atoms with Gasteiger partial charge < -0.3 is 4.74 Å². The molecule has 0 saturated carbocycles. The Bertz CT molecular complexity index is 147. The first-order valence-corrected chi connectivity index (χ1v) is 2.55. The van der Waals surface area contributed by atoms with Gasteiger partial charge in [0.25, 0.3) is 0 Å². The molecule has 0 bridgehead atoms. The number of ether oxygens (including phenoxy) is 1. The monoisotopic (exact) mass is 176 g/mol. The summed E-state index contributed by atoms with van der Waals surface area (Å²) < 4.78 is 60.3. The Morgan fingerprint density at radius 1 is 1.09 bits per heavy atom. The van der Waals surface area contributed by atoms with Crippen molar-refractivity contribution in [1.29, 1.82) is 0 Å². The second-order valence-corrected chi connectivity index (χ2v) is 1.60. The molecule has 0 N–H and O–H groups in total. The molecule has 0 aromatic heterocycles. The van der Waals surface area contributed by atoms with E-state index in [2.05, 4.69) is 4.74 Å². The van der Waals surface area contributed by atoms with Crippen molar-refractivity contribution in [2.75, 3.05) is 0 Å². The lowest BCUT2D eigenvalue weighted by atomic mass is 10.6. The highest BCUT2D eigenvalue weighted by atomic mass is 19.4. The zero-order valence-electron chi connectivity index (χ0n) is 5.45. The minimum Gasteiger partial charge on any atom is -0.434 e.